The minimum atomic E-state index is 0.0249. The summed E-state index contributed by atoms with van der Waals surface area (Å²) in [5.74, 6) is 1.96. The maximum Gasteiger partial charge on any atom is 0.226 e. The summed E-state index contributed by atoms with van der Waals surface area (Å²) in [6.07, 6.45) is 5.18. The molecular formula is C20H23N5O2. The number of carbonyl (C=O) groups excluding carboxylic acids is 1. The van der Waals surface area contributed by atoms with Crippen molar-refractivity contribution < 1.29 is 9.32 Å². The van der Waals surface area contributed by atoms with Gasteiger partial charge in [0.05, 0.1) is 17.3 Å². The van der Waals surface area contributed by atoms with Gasteiger partial charge in [0.2, 0.25) is 5.91 Å². The molecule has 140 valence electrons. The number of pyridine rings is 1. The molecule has 2 aromatic rings. The van der Waals surface area contributed by atoms with E-state index in [2.05, 4.69) is 21.1 Å². The Bertz CT molecular complexity index is 846. The van der Waals surface area contributed by atoms with Crippen molar-refractivity contribution in [1.82, 2.24) is 15.0 Å². The van der Waals surface area contributed by atoms with Crippen molar-refractivity contribution in [3.8, 4) is 6.07 Å². The molecule has 0 spiro atoms. The average molecular weight is 365 g/mol. The molecule has 7 nitrogen and oxygen atoms in total. The normalized spacial score (nSPS) is 20.7. The molecule has 0 unspecified atom stereocenters. The van der Waals surface area contributed by atoms with Crippen LogP contribution in [0.4, 0.5) is 5.82 Å². The molecule has 4 rings (SSSR count). The zero-order valence-corrected chi connectivity index (χ0v) is 15.5. The van der Waals surface area contributed by atoms with Crippen molar-refractivity contribution in [2.24, 2.45) is 5.92 Å². The maximum absolute atomic E-state index is 13.1. The van der Waals surface area contributed by atoms with E-state index in [0.29, 0.717) is 5.56 Å². The van der Waals surface area contributed by atoms with Gasteiger partial charge in [-0.25, -0.2) is 4.98 Å². The third-order valence-electron chi connectivity index (χ3n) is 5.56. The summed E-state index contributed by atoms with van der Waals surface area (Å²) in [7, 11) is 0. The van der Waals surface area contributed by atoms with Gasteiger partial charge in [-0.3, -0.25) is 4.79 Å². The molecule has 0 N–H and O–H groups in total. The average Bonchev–Trinajstić information content (AvgIpc) is 3.36. The molecule has 2 aliphatic heterocycles. The standard InChI is InChI=1S/C20H23N5O2/c1-14-11-18(27-23-14)17-3-2-8-25(17)20(26)16-6-9-24(10-7-16)19-5-4-15(12-21)13-22-19/h4-5,11,13,16-17H,2-3,6-10H2,1H3/t17-/m0/s1. The number of hydrogen-bond acceptors (Lipinski definition) is 6. The molecule has 4 heterocycles. The van der Waals surface area contributed by atoms with Gasteiger partial charge in [-0.2, -0.15) is 5.26 Å². The van der Waals surface area contributed by atoms with Crippen LogP contribution in [0, 0.1) is 24.2 Å². The van der Waals surface area contributed by atoms with E-state index < -0.39 is 0 Å². The number of piperidine rings is 1. The van der Waals surface area contributed by atoms with Gasteiger partial charge in [0, 0.05) is 37.8 Å². The highest BCUT2D eigenvalue weighted by atomic mass is 16.5. The Labute approximate surface area is 158 Å². The number of aromatic nitrogens is 2. The van der Waals surface area contributed by atoms with E-state index in [9.17, 15) is 4.79 Å². The fourth-order valence-corrected chi connectivity index (χ4v) is 4.10. The van der Waals surface area contributed by atoms with E-state index in [1.54, 1.807) is 12.3 Å². The quantitative estimate of drug-likeness (QED) is 0.831. The van der Waals surface area contributed by atoms with Crippen LogP contribution in [0.15, 0.2) is 28.9 Å². The minimum absolute atomic E-state index is 0.0249. The highest BCUT2D eigenvalue weighted by Crippen LogP contribution is 2.35. The Balaban J connectivity index is 1.38. The monoisotopic (exact) mass is 365 g/mol. The predicted molar refractivity (Wildman–Crippen MR) is 98.8 cm³/mol. The Hall–Kier alpha value is -2.88. The van der Waals surface area contributed by atoms with Crippen molar-refractivity contribution in [2.45, 2.75) is 38.6 Å². The second kappa shape index (κ2) is 7.39. The molecule has 2 saturated heterocycles. The van der Waals surface area contributed by atoms with Crippen LogP contribution in [0.3, 0.4) is 0 Å². The van der Waals surface area contributed by atoms with Gasteiger partial charge in [0.25, 0.3) is 0 Å². The van der Waals surface area contributed by atoms with Crippen LogP contribution in [0.25, 0.3) is 0 Å². The van der Waals surface area contributed by atoms with E-state index in [-0.39, 0.29) is 17.9 Å². The molecule has 1 amide bonds. The van der Waals surface area contributed by atoms with Crippen LogP contribution in [0.5, 0.6) is 0 Å². The lowest BCUT2D eigenvalue weighted by molar-refractivity contribution is -0.137. The van der Waals surface area contributed by atoms with Crippen molar-refractivity contribution in [3.05, 3.63) is 41.4 Å². The molecule has 0 aliphatic carbocycles. The maximum atomic E-state index is 13.1. The molecular weight excluding hydrogens is 342 g/mol. The Morgan fingerprint density at radius 1 is 1.26 bits per heavy atom. The first-order chi connectivity index (χ1) is 13.2. The summed E-state index contributed by atoms with van der Waals surface area (Å²) in [5.41, 5.74) is 1.42. The number of carbonyl (C=O) groups is 1. The first kappa shape index (κ1) is 17.5. The molecule has 2 fully saturated rings. The van der Waals surface area contributed by atoms with Crippen molar-refractivity contribution >= 4 is 11.7 Å². The lowest BCUT2D eigenvalue weighted by atomic mass is 9.94. The summed E-state index contributed by atoms with van der Waals surface area (Å²) >= 11 is 0. The molecule has 7 heteroatoms. The number of amides is 1. The number of likely N-dealkylation sites (tertiary alicyclic amines) is 1. The van der Waals surface area contributed by atoms with Crippen LogP contribution in [-0.4, -0.2) is 40.6 Å². The fraction of sp³-hybridized carbons (Fsp3) is 0.500. The number of nitrogens with zero attached hydrogens (tertiary/aromatic N) is 5. The van der Waals surface area contributed by atoms with Crippen LogP contribution >= 0.6 is 0 Å². The van der Waals surface area contributed by atoms with Gasteiger partial charge < -0.3 is 14.3 Å². The topological polar surface area (TPSA) is 86.3 Å². The predicted octanol–water partition coefficient (Wildman–Crippen LogP) is 2.83. The van der Waals surface area contributed by atoms with E-state index in [0.717, 1.165) is 62.6 Å². The molecule has 2 aliphatic rings. The summed E-state index contributed by atoms with van der Waals surface area (Å²) in [5, 5.41) is 12.9. The van der Waals surface area contributed by atoms with E-state index in [1.807, 2.05) is 24.0 Å². The second-order valence-corrected chi connectivity index (χ2v) is 7.34. The van der Waals surface area contributed by atoms with Gasteiger partial charge >= 0.3 is 0 Å². The highest BCUT2D eigenvalue weighted by Gasteiger charge is 2.37. The number of nitriles is 1. The summed E-state index contributed by atoms with van der Waals surface area (Å²) in [6.45, 7) is 4.30. The van der Waals surface area contributed by atoms with Gasteiger partial charge in [0.15, 0.2) is 5.76 Å². The molecule has 0 bridgehead atoms. The number of aryl methyl sites for hydroxylation is 1. The van der Waals surface area contributed by atoms with Gasteiger partial charge in [-0.05, 0) is 44.7 Å². The van der Waals surface area contributed by atoms with Crippen molar-refractivity contribution in [3.63, 3.8) is 0 Å². The zero-order chi connectivity index (χ0) is 18.8. The van der Waals surface area contributed by atoms with Crippen LogP contribution in [-0.2, 0) is 4.79 Å². The van der Waals surface area contributed by atoms with Crippen molar-refractivity contribution in [2.75, 3.05) is 24.5 Å². The smallest absolute Gasteiger partial charge is 0.226 e. The zero-order valence-electron chi connectivity index (χ0n) is 15.5. The summed E-state index contributed by atoms with van der Waals surface area (Å²) in [6, 6.07) is 7.71. The van der Waals surface area contributed by atoms with E-state index in [4.69, 9.17) is 9.78 Å². The number of hydrogen-bond donors (Lipinski definition) is 0. The molecule has 2 aromatic heterocycles. The summed E-state index contributed by atoms with van der Waals surface area (Å²) in [4.78, 5) is 21.6. The van der Waals surface area contributed by atoms with E-state index in [1.165, 1.54) is 0 Å². The largest absolute Gasteiger partial charge is 0.359 e. The first-order valence-corrected chi connectivity index (χ1v) is 9.50. The number of rotatable bonds is 3. The van der Waals surface area contributed by atoms with Gasteiger partial charge in [-0.15, -0.1) is 0 Å². The Kier molecular flexibility index (Phi) is 4.80. The minimum Gasteiger partial charge on any atom is -0.359 e. The van der Waals surface area contributed by atoms with Gasteiger partial charge in [0.1, 0.15) is 11.9 Å². The first-order valence-electron chi connectivity index (χ1n) is 9.50. The van der Waals surface area contributed by atoms with Crippen molar-refractivity contribution in [1.29, 1.82) is 5.26 Å². The van der Waals surface area contributed by atoms with E-state index >= 15 is 0 Å². The van der Waals surface area contributed by atoms with Crippen LogP contribution in [0.1, 0.15) is 48.7 Å². The summed E-state index contributed by atoms with van der Waals surface area (Å²) < 4.78 is 5.43. The molecule has 0 aromatic carbocycles. The lowest BCUT2D eigenvalue weighted by Gasteiger charge is -2.35. The lowest BCUT2D eigenvalue weighted by Crippen LogP contribution is -2.42. The fourth-order valence-electron chi connectivity index (χ4n) is 4.10. The third kappa shape index (κ3) is 3.52. The molecule has 0 saturated carbocycles. The molecule has 0 radical (unpaired) electrons. The Morgan fingerprint density at radius 2 is 2.07 bits per heavy atom. The highest BCUT2D eigenvalue weighted by molar-refractivity contribution is 5.80. The van der Waals surface area contributed by atoms with Crippen LogP contribution in [0.2, 0.25) is 0 Å². The molecule has 1 atom stereocenters. The van der Waals surface area contributed by atoms with Crippen LogP contribution < -0.4 is 4.90 Å². The second-order valence-electron chi connectivity index (χ2n) is 7.34. The van der Waals surface area contributed by atoms with Gasteiger partial charge in [-0.1, -0.05) is 5.16 Å². The molecule has 27 heavy (non-hydrogen) atoms. The SMILES string of the molecule is Cc1cc([C@@H]2CCCN2C(=O)C2CCN(c3ccc(C#N)cn3)CC2)on1. The third-order valence-corrected chi connectivity index (χ3v) is 5.56. The number of anilines is 1. The Morgan fingerprint density at radius 3 is 2.70 bits per heavy atom.